The first-order valence-corrected chi connectivity index (χ1v) is 7.22. The van der Waals surface area contributed by atoms with E-state index in [0.717, 1.165) is 11.1 Å². The summed E-state index contributed by atoms with van der Waals surface area (Å²) in [6.45, 7) is 0. The van der Waals surface area contributed by atoms with E-state index in [9.17, 15) is 14.9 Å². The predicted octanol–water partition coefficient (Wildman–Crippen LogP) is 2.82. The lowest BCUT2D eigenvalue weighted by atomic mass is 10.1. The lowest BCUT2D eigenvalue weighted by Gasteiger charge is -2.02. The van der Waals surface area contributed by atoms with E-state index in [1.54, 1.807) is 12.1 Å². The molecule has 1 saturated carbocycles. The van der Waals surface area contributed by atoms with E-state index < -0.39 is 10.5 Å². The summed E-state index contributed by atoms with van der Waals surface area (Å²) in [6, 6.07) is 15.5. The second-order valence-corrected chi connectivity index (χ2v) is 5.70. The Hall–Kier alpha value is -3.02. The summed E-state index contributed by atoms with van der Waals surface area (Å²) in [7, 11) is 0. The van der Waals surface area contributed by atoms with Crippen LogP contribution in [0.1, 0.15) is 23.5 Å². The van der Waals surface area contributed by atoms with Crippen LogP contribution in [0, 0.1) is 10.1 Å². The molecule has 2 aliphatic rings. The molecule has 1 spiro atoms. The van der Waals surface area contributed by atoms with Gasteiger partial charge in [0.05, 0.1) is 4.92 Å². The molecule has 0 amide bonds. The fraction of sp³-hybridized carbons (Fsp3) is 0.176. The predicted molar refractivity (Wildman–Crippen MR) is 82.3 cm³/mol. The van der Waals surface area contributed by atoms with Crippen molar-refractivity contribution in [3.05, 3.63) is 75.8 Å². The summed E-state index contributed by atoms with van der Waals surface area (Å²) < 4.78 is 5.34. The van der Waals surface area contributed by atoms with Crippen molar-refractivity contribution in [3.8, 4) is 0 Å². The lowest BCUT2D eigenvalue weighted by Crippen LogP contribution is -2.18. The van der Waals surface area contributed by atoms with E-state index >= 15 is 0 Å². The van der Waals surface area contributed by atoms with Crippen LogP contribution in [0.3, 0.4) is 0 Å². The third-order valence-electron chi connectivity index (χ3n) is 4.30. The topological polar surface area (TPSA) is 81.8 Å². The Balaban J connectivity index is 1.62. The largest absolute Gasteiger partial charge is 0.405 e. The molecule has 2 atom stereocenters. The molecule has 114 valence electrons. The van der Waals surface area contributed by atoms with Gasteiger partial charge in [-0.3, -0.25) is 10.1 Å². The highest BCUT2D eigenvalue weighted by molar-refractivity contribution is 6.09. The minimum atomic E-state index is -0.860. The Morgan fingerprint density at radius 2 is 1.83 bits per heavy atom. The number of nitro groups is 1. The normalized spacial score (nSPS) is 25.1. The van der Waals surface area contributed by atoms with E-state index in [1.165, 1.54) is 12.1 Å². The number of non-ortho nitro benzene ring substituents is 1. The molecule has 23 heavy (non-hydrogen) atoms. The van der Waals surface area contributed by atoms with Crippen LogP contribution < -0.4 is 0 Å². The van der Waals surface area contributed by atoms with Crippen LogP contribution in [-0.4, -0.2) is 22.3 Å². The number of rotatable bonds is 3. The van der Waals surface area contributed by atoms with Gasteiger partial charge in [-0.15, -0.1) is 0 Å². The highest BCUT2D eigenvalue weighted by Crippen LogP contribution is 2.57. The zero-order valence-corrected chi connectivity index (χ0v) is 12.0. The second kappa shape index (κ2) is 4.74. The number of hydrogen-bond acceptors (Lipinski definition) is 5. The molecule has 2 aromatic carbocycles. The number of benzene rings is 2. The van der Waals surface area contributed by atoms with E-state index in [4.69, 9.17) is 4.74 Å². The maximum atomic E-state index is 12.3. The molecule has 0 N–H and O–H groups in total. The summed E-state index contributed by atoms with van der Waals surface area (Å²) in [6.07, 6.45) is 0.569. The number of hydrogen-bond donors (Lipinski definition) is 0. The molecule has 6 nitrogen and oxygen atoms in total. The van der Waals surface area contributed by atoms with Crippen LogP contribution in [-0.2, 0) is 9.53 Å². The van der Waals surface area contributed by atoms with Crippen molar-refractivity contribution in [2.45, 2.75) is 17.9 Å². The number of nitrogens with zero attached hydrogens (tertiary/aromatic N) is 2. The summed E-state index contributed by atoms with van der Waals surface area (Å²) in [4.78, 5) is 27.0. The van der Waals surface area contributed by atoms with Crippen molar-refractivity contribution in [2.75, 3.05) is 0 Å². The Bertz CT molecular complexity index is 829. The van der Waals surface area contributed by atoms with Crippen LogP contribution in [0.2, 0.25) is 0 Å². The van der Waals surface area contributed by atoms with Crippen molar-refractivity contribution in [1.29, 1.82) is 0 Å². The highest BCUT2D eigenvalue weighted by atomic mass is 16.6. The van der Waals surface area contributed by atoms with Gasteiger partial charge in [-0.1, -0.05) is 30.3 Å². The van der Waals surface area contributed by atoms with Crippen molar-refractivity contribution >= 4 is 17.6 Å². The number of carbonyl (C=O) groups excluding carboxylic acids is 1. The molecular formula is C17H12N2O4. The molecule has 0 radical (unpaired) electrons. The zero-order valence-electron chi connectivity index (χ0n) is 12.0. The monoisotopic (exact) mass is 308 g/mol. The van der Waals surface area contributed by atoms with Crippen molar-refractivity contribution < 1.29 is 14.5 Å². The Kier molecular flexibility index (Phi) is 2.81. The molecule has 1 fully saturated rings. The Morgan fingerprint density at radius 3 is 2.48 bits per heavy atom. The van der Waals surface area contributed by atoms with Gasteiger partial charge in [-0.05, 0) is 24.1 Å². The fourth-order valence-electron chi connectivity index (χ4n) is 2.95. The molecule has 1 aliphatic carbocycles. The van der Waals surface area contributed by atoms with Gasteiger partial charge in [0.1, 0.15) is 0 Å². The van der Waals surface area contributed by atoms with Gasteiger partial charge >= 0.3 is 5.97 Å². The maximum Gasteiger partial charge on any atom is 0.341 e. The van der Waals surface area contributed by atoms with Gasteiger partial charge in [-0.25, -0.2) is 9.79 Å². The van der Waals surface area contributed by atoms with Gasteiger partial charge in [0.2, 0.25) is 5.90 Å². The highest BCUT2D eigenvalue weighted by Gasteiger charge is 2.65. The van der Waals surface area contributed by atoms with Crippen LogP contribution in [0.25, 0.3) is 0 Å². The standard InChI is InChI=1S/C17H12N2O4/c20-16-17(18-15(23-16)12-4-2-1-3-5-12)10-14(17)11-6-8-13(9-7-11)19(21)22/h1-9,14H,10H2/t14-,17-/m1/s1. The molecule has 0 aromatic heterocycles. The fourth-order valence-corrected chi connectivity index (χ4v) is 2.95. The smallest absolute Gasteiger partial charge is 0.341 e. The number of nitro benzene ring substituents is 1. The van der Waals surface area contributed by atoms with Gasteiger partial charge in [0.25, 0.3) is 5.69 Å². The van der Waals surface area contributed by atoms with E-state index in [2.05, 4.69) is 4.99 Å². The van der Waals surface area contributed by atoms with Crippen LogP contribution in [0.15, 0.2) is 59.6 Å². The third-order valence-corrected chi connectivity index (χ3v) is 4.30. The number of carbonyl (C=O) groups is 1. The zero-order chi connectivity index (χ0) is 16.0. The van der Waals surface area contributed by atoms with Gasteiger partial charge < -0.3 is 4.74 Å². The molecule has 4 rings (SSSR count). The number of aliphatic imine (C=N–C) groups is 1. The molecule has 0 unspecified atom stereocenters. The second-order valence-electron chi connectivity index (χ2n) is 5.70. The molecule has 1 heterocycles. The van der Waals surface area contributed by atoms with Crippen LogP contribution in [0.5, 0.6) is 0 Å². The summed E-state index contributed by atoms with van der Waals surface area (Å²) in [5.74, 6) is -0.0864. The lowest BCUT2D eigenvalue weighted by molar-refractivity contribution is -0.384. The first-order chi connectivity index (χ1) is 11.1. The van der Waals surface area contributed by atoms with E-state index in [-0.39, 0.29) is 17.6 Å². The maximum absolute atomic E-state index is 12.3. The molecule has 6 heteroatoms. The van der Waals surface area contributed by atoms with Crippen molar-refractivity contribution in [2.24, 2.45) is 4.99 Å². The minimum absolute atomic E-state index is 0.0333. The minimum Gasteiger partial charge on any atom is -0.405 e. The Morgan fingerprint density at radius 1 is 1.13 bits per heavy atom. The third kappa shape index (κ3) is 2.11. The van der Waals surface area contributed by atoms with Gasteiger partial charge in [0.15, 0.2) is 5.54 Å². The average Bonchev–Trinajstić information content (AvgIpc) is 3.21. The SMILES string of the molecule is O=C1OC(c2ccccc2)=N[C@@]12C[C@@H]2c1ccc([N+](=O)[O-])cc1. The molecule has 2 aromatic rings. The number of cyclic esters (lactones) is 1. The Labute approximate surface area is 131 Å². The van der Waals surface area contributed by atoms with E-state index in [1.807, 2.05) is 30.3 Å². The van der Waals surface area contributed by atoms with Crippen LogP contribution in [0.4, 0.5) is 5.69 Å². The van der Waals surface area contributed by atoms with Crippen molar-refractivity contribution in [1.82, 2.24) is 0 Å². The van der Waals surface area contributed by atoms with Gasteiger partial charge in [-0.2, -0.15) is 0 Å². The van der Waals surface area contributed by atoms with Crippen LogP contribution >= 0.6 is 0 Å². The summed E-state index contributed by atoms with van der Waals surface area (Å²) in [5.41, 5.74) is 0.810. The van der Waals surface area contributed by atoms with Gasteiger partial charge in [0, 0.05) is 23.6 Å². The summed E-state index contributed by atoms with van der Waals surface area (Å²) in [5, 5.41) is 10.7. The van der Waals surface area contributed by atoms with E-state index in [0.29, 0.717) is 12.3 Å². The summed E-state index contributed by atoms with van der Waals surface area (Å²) >= 11 is 0. The average molecular weight is 308 g/mol. The number of ether oxygens (including phenoxy) is 1. The first kappa shape index (κ1) is 13.6. The van der Waals surface area contributed by atoms with Crippen molar-refractivity contribution in [3.63, 3.8) is 0 Å². The molecular weight excluding hydrogens is 296 g/mol. The first-order valence-electron chi connectivity index (χ1n) is 7.22. The molecule has 1 aliphatic heterocycles. The quantitative estimate of drug-likeness (QED) is 0.496. The molecule has 0 saturated heterocycles. The molecule has 0 bridgehead atoms. The number of esters is 1.